The van der Waals surface area contributed by atoms with Crippen molar-refractivity contribution < 1.29 is 14.7 Å². The van der Waals surface area contributed by atoms with Crippen LogP contribution in [0, 0.1) is 11.3 Å². The van der Waals surface area contributed by atoms with Gasteiger partial charge in [0.05, 0.1) is 29.5 Å². The molecule has 0 atom stereocenters. The Bertz CT molecular complexity index is 373. The first kappa shape index (κ1) is 15.8. The maximum Gasteiger partial charge on any atom is 0.305 e. The fourth-order valence-corrected chi connectivity index (χ4v) is 3.23. The summed E-state index contributed by atoms with van der Waals surface area (Å²) in [7, 11) is 1.70. The molecule has 0 aromatic rings. The fraction of sp³-hybridized carbons (Fsp3) is 0.769. The average molecular weight is 284 g/mol. The maximum atomic E-state index is 12.1. The number of aliphatic carboxylic acids is 1. The summed E-state index contributed by atoms with van der Waals surface area (Å²) < 4.78 is 0. The van der Waals surface area contributed by atoms with E-state index in [4.69, 9.17) is 10.4 Å². The summed E-state index contributed by atoms with van der Waals surface area (Å²) in [4.78, 5) is 24.8. The molecule has 19 heavy (non-hydrogen) atoms. The van der Waals surface area contributed by atoms with Crippen LogP contribution in [0.15, 0.2) is 0 Å². The van der Waals surface area contributed by atoms with Gasteiger partial charge in [0.2, 0.25) is 5.91 Å². The van der Waals surface area contributed by atoms with Crippen molar-refractivity contribution in [1.29, 1.82) is 5.26 Å². The van der Waals surface area contributed by atoms with Gasteiger partial charge in [-0.15, -0.1) is 11.8 Å². The Balaban J connectivity index is 2.70. The number of nitriles is 1. The molecule has 1 aliphatic rings. The highest BCUT2D eigenvalue weighted by molar-refractivity contribution is 8.00. The molecule has 6 heteroatoms. The van der Waals surface area contributed by atoms with Crippen molar-refractivity contribution in [3.8, 4) is 6.07 Å². The van der Waals surface area contributed by atoms with E-state index in [1.54, 1.807) is 11.9 Å². The smallest absolute Gasteiger partial charge is 0.305 e. The molecule has 0 heterocycles. The third kappa shape index (κ3) is 4.43. The first-order valence-electron chi connectivity index (χ1n) is 6.45. The van der Waals surface area contributed by atoms with Gasteiger partial charge in [-0.25, -0.2) is 0 Å². The lowest BCUT2D eigenvalue weighted by Gasteiger charge is -2.43. The first-order valence-corrected chi connectivity index (χ1v) is 7.60. The Morgan fingerprint density at radius 1 is 1.37 bits per heavy atom. The van der Waals surface area contributed by atoms with Crippen LogP contribution >= 0.6 is 11.8 Å². The second-order valence-electron chi connectivity index (χ2n) is 4.96. The van der Waals surface area contributed by atoms with Gasteiger partial charge in [0, 0.05) is 7.05 Å². The third-order valence-corrected chi connectivity index (χ3v) is 4.53. The molecule has 1 amide bonds. The van der Waals surface area contributed by atoms with E-state index in [0.717, 1.165) is 32.1 Å². The zero-order chi connectivity index (χ0) is 14.3. The van der Waals surface area contributed by atoms with E-state index in [9.17, 15) is 9.59 Å². The number of carboxylic acid groups (broad SMARTS) is 1. The minimum absolute atomic E-state index is 0.0121. The number of carbonyl (C=O) groups is 2. The Labute approximate surface area is 118 Å². The van der Waals surface area contributed by atoms with Gasteiger partial charge in [-0.1, -0.05) is 19.3 Å². The molecule has 0 spiro atoms. The lowest BCUT2D eigenvalue weighted by atomic mass is 9.78. The molecular formula is C13H20N2O3S. The SMILES string of the molecule is CN(C(=O)CSCC#N)C1(CC(=O)O)CCCCC1. The average Bonchev–Trinajstić information content (AvgIpc) is 2.38. The lowest BCUT2D eigenvalue weighted by Crippen LogP contribution is -2.52. The van der Waals surface area contributed by atoms with Crippen molar-refractivity contribution in [2.24, 2.45) is 0 Å². The summed E-state index contributed by atoms with van der Waals surface area (Å²) in [5.41, 5.74) is -0.533. The van der Waals surface area contributed by atoms with E-state index in [1.807, 2.05) is 6.07 Å². The number of carboxylic acids is 1. The van der Waals surface area contributed by atoms with Gasteiger partial charge in [0.1, 0.15) is 0 Å². The van der Waals surface area contributed by atoms with Gasteiger partial charge in [-0.3, -0.25) is 9.59 Å². The van der Waals surface area contributed by atoms with Crippen LogP contribution in [-0.4, -0.2) is 46.0 Å². The highest BCUT2D eigenvalue weighted by Crippen LogP contribution is 2.36. The Hall–Kier alpha value is -1.22. The zero-order valence-electron chi connectivity index (χ0n) is 11.2. The predicted octanol–water partition coefficient (Wildman–Crippen LogP) is 1.88. The van der Waals surface area contributed by atoms with Crippen LogP contribution in [0.4, 0.5) is 0 Å². The molecule has 0 aromatic carbocycles. The Kier molecular flexibility index (Phi) is 6.16. The van der Waals surface area contributed by atoms with Crippen LogP contribution in [0.5, 0.6) is 0 Å². The maximum absolute atomic E-state index is 12.1. The highest BCUT2D eigenvalue weighted by atomic mass is 32.2. The quantitative estimate of drug-likeness (QED) is 0.753. The number of nitrogens with zero attached hydrogens (tertiary/aromatic N) is 2. The van der Waals surface area contributed by atoms with E-state index < -0.39 is 11.5 Å². The largest absolute Gasteiger partial charge is 0.481 e. The molecule has 0 aromatic heterocycles. The van der Waals surface area contributed by atoms with Crippen LogP contribution in [0.3, 0.4) is 0 Å². The van der Waals surface area contributed by atoms with Gasteiger partial charge >= 0.3 is 5.97 Å². The van der Waals surface area contributed by atoms with Crippen molar-refractivity contribution in [1.82, 2.24) is 4.90 Å². The summed E-state index contributed by atoms with van der Waals surface area (Å²) in [5, 5.41) is 17.6. The second kappa shape index (κ2) is 7.39. The number of thioether (sulfide) groups is 1. The molecule has 0 radical (unpaired) electrons. The van der Waals surface area contributed by atoms with E-state index in [1.165, 1.54) is 11.8 Å². The van der Waals surface area contributed by atoms with Gasteiger partial charge < -0.3 is 10.0 Å². The van der Waals surface area contributed by atoms with Crippen LogP contribution in [0.25, 0.3) is 0 Å². The number of amides is 1. The standard InChI is InChI=1S/C13H20N2O3S/c1-15(11(16)10-19-8-7-14)13(9-12(17)18)5-3-2-4-6-13/h2-6,8-10H2,1H3,(H,17,18). The summed E-state index contributed by atoms with van der Waals surface area (Å²) in [6.45, 7) is 0. The van der Waals surface area contributed by atoms with Crippen molar-refractivity contribution in [3.63, 3.8) is 0 Å². The van der Waals surface area contributed by atoms with Gasteiger partial charge in [-0.05, 0) is 12.8 Å². The Morgan fingerprint density at radius 3 is 2.53 bits per heavy atom. The molecule has 0 saturated heterocycles. The molecular weight excluding hydrogens is 264 g/mol. The van der Waals surface area contributed by atoms with Gasteiger partial charge in [0.15, 0.2) is 0 Å². The minimum atomic E-state index is -0.855. The molecule has 0 bridgehead atoms. The van der Waals surface area contributed by atoms with E-state index in [-0.39, 0.29) is 23.8 Å². The van der Waals surface area contributed by atoms with Crippen LogP contribution in [0.2, 0.25) is 0 Å². The predicted molar refractivity (Wildman–Crippen MR) is 73.8 cm³/mol. The lowest BCUT2D eigenvalue weighted by molar-refractivity contribution is -0.144. The van der Waals surface area contributed by atoms with Crippen molar-refractivity contribution >= 4 is 23.6 Å². The highest BCUT2D eigenvalue weighted by Gasteiger charge is 2.40. The fourth-order valence-electron chi connectivity index (χ4n) is 2.67. The molecule has 5 nitrogen and oxygen atoms in total. The molecule has 1 saturated carbocycles. The topological polar surface area (TPSA) is 81.4 Å². The molecule has 0 aliphatic heterocycles. The van der Waals surface area contributed by atoms with Crippen LogP contribution in [0.1, 0.15) is 38.5 Å². The third-order valence-electron chi connectivity index (χ3n) is 3.74. The van der Waals surface area contributed by atoms with Crippen molar-refractivity contribution in [2.45, 2.75) is 44.1 Å². The van der Waals surface area contributed by atoms with E-state index in [0.29, 0.717) is 0 Å². The van der Waals surface area contributed by atoms with Crippen molar-refractivity contribution in [2.75, 3.05) is 18.6 Å². The number of carbonyl (C=O) groups excluding carboxylic acids is 1. The second-order valence-corrected chi connectivity index (χ2v) is 5.94. The monoisotopic (exact) mass is 284 g/mol. The Morgan fingerprint density at radius 2 is 2.00 bits per heavy atom. The summed E-state index contributed by atoms with van der Waals surface area (Å²) >= 11 is 1.27. The summed E-state index contributed by atoms with van der Waals surface area (Å²) in [6, 6.07) is 1.98. The number of hydrogen-bond donors (Lipinski definition) is 1. The first-order chi connectivity index (χ1) is 9.02. The van der Waals surface area contributed by atoms with Gasteiger partial charge in [-0.2, -0.15) is 5.26 Å². The van der Waals surface area contributed by atoms with E-state index >= 15 is 0 Å². The summed E-state index contributed by atoms with van der Waals surface area (Å²) in [5.74, 6) is -0.411. The number of rotatable bonds is 6. The van der Waals surface area contributed by atoms with Crippen LogP contribution in [-0.2, 0) is 9.59 Å². The van der Waals surface area contributed by atoms with Gasteiger partial charge in [0.25, 0.3) is 0 Å². The van der Waals surface area contributed by atoms with E-state index in [2.05, 4.69) is 0 Å². The number of hydrogen-bond acceptors (Lipinski definition) is 4. The minimum Gasteiger partial charge on any atom is -0.481 e. The summed E-state index contributed by atoms with van der Waals surface area (Å²) in [6.07, 6.45) is 4.56. The zero-order valence-corrected chi connectivity index (χ0v) is 12.0. The molecule has 1 aliphatic carbocycles. The molecule has 106 valence electrons. The molecule has 1 rings (SSSR count). The van der Waals surface area contributed by atoms with Crippen molar-refractivity contribution in [3.05, 3.63) is 0 Å². The molecule has 1 fully saturated rings. The molecule has 1 N–H and O–H groups in total. The van der Waals surface area contributed by atoms with Crippen LogP contribution < -0.4 is 0 Å². The normalized spacial score (nSPS) is 17.5. The molecule has 0 unspecified atom stereocenters.